The molecule has 1 amide bonds. The molecule has 124 valence electrons. The number of amides is 1. The number of carbonyl (C=O) groups excluding carboxylic acids is 1. The van der Waals surface area contributed by atoms with Crippen LogP contribution in [0, 0.1) is 5.92 Å². The first-order valence-corrected chi connectivity index (χ1v) is 8.79. The molecule has 1 saturated carbocycles. The number of hydrogen-bond donors (Lipinski definition) is 2. The molecule has 4 rings (SSSR count). The predicted octanol–water partition coefficient (Wildman–Crippen LogP) is 2.92. The van der Waals surface area contributed by atoms with Gasteiger partial charge in [0.1, 0.15) is 6.61 Å². The number of carbonyl (C=O) groups is 1. The number of alkyl carbamates (subject to hydrolysis) is 1. The second kappa shape index (κ2) is 5.52. The van der Waals surface area contributed by atoms with Crippen LogP contribution in [0.2, 0.25) is 0 Å². The Bertz CT molecular complexity index is 627. The number of fused-ring (bicyclic) bond motifs is 1. The fourth-order valence-corrected chi connectivity index (χ4v) is 4.62. The van der Waals surface area contributed by atoms with E-state index < -0.39 is 0 Å². The first kappa shape index (κ1) is 15.0. The van der Waals surface area contributed by atoms with E-state index >= 15 is 0 Å². The van der Waals surface area contributed by atoms with E-state index in [2.05, 4.69) is 23.5 Å². The lowest BCUT2D eigenvalue weighted by atomic mass is 9.79. The second-order valence-corrected chi connectivity index (χ2v) is 7.69. The maximum atomic E-state index is 11.4. The Kier molecular flexibility index (Phi) is 3.60. The quantitative estimate of drug-likeness (QED) is 0.882. The second-order valence-electron chi connectivity index (χ2n) is 7.69. The van der Waals surface area contributed by atoms with Crippen molar-refractivity contribution >= 4 is 6.09 Å². The molecular weight excluding hydrogens is 290 g/mol. The Labute approximate surface area is 137 Å². The Hall–Kier alpha value is -1.55. The van der Waals surface area contributed by atoms with E-state index in [0.29, 0.717) is 18.4 Å². The van der Waals surface area contributed by atoms with Gasteiger partial charge in [-0.2, -0.15) is 0 Å². The highest BCUT2D eigenvalue weighted by Gasteiger charge is 2.46. The van der Waals surface area contributed by atoms with Gasteiger partial charge in [-0.1, -0.05) is 18.2 Å². The molecule has 1 spiro atoms. The molecule has 0 radical (unpaired) electrons. The number of hydrogen-bond acceptors (Lipinski definition) is 3. The van der Waals surface area contributed by atoms with Gasteiger partial charge in [-0.15, -0.1) is 0 Å². The van der Waals surface area contributed by atoms with Crippen LogP contribution in [0.4, 0.5) is 4.79 Å². The zero-order valence-electron chi connectivity index (χ0n) is 13.7. The van der Waals surface area contributed by atoms with Crippen LogP contribution in [0.15, 0.2) is 18.2 Å². The van der Waals surface area contributed by atoms with Crippen molar-refractivity contribution in [2.24, 2.45) is 5.92 Å². The molecule has 1 saturated heterocycles. The molecule has 0 unspecified atom stereocenters. The van der Waals surface area contributed by atoms with Crippen LogP contribution in [-0.4, -0.2) is 29.4 Å². The molecule has 1 aromatic rings. The molecule has 4 atom stereocenters. The van der Waals surface area contributed by atoms with Gasteiger partial charge >= 0.3 is 6.09 Å². The van der Waals surface area contributed by atoms with Gasteiger partial charge in [-0.05, 0) is 74.0 Å². The zero-order chi connectivity index (χ0) is 16.0. The van der Waals surface area contributed by atoms with Crippen LogP contribution >= 0.6 is 0 Å². The molecule has 4 heteroatoms. The maximum Gasteiger partial charge on any atom is 0.407 e. The molecule has 2 fully saturated rings. The van der Waals surface area contributed by atoms with Gasteiger partial charge in [-0.3, -0.25) is 0 Å². The molecule has 1 aromatic carbocycles. The van der Waals surface area contributed by atoms with E-state index in [-0.39, 0.29) is 17.7 Å². The SMILES string of the molecule is C[C@H](O)[C@@H]1CCc2cc([C@H]3CC[C@]4(COC(=O)N4)C3)ccc2C1. The van der Waals surface area contributed by atoms with Gasteiger partial charge in [0.15, 0.2) is 0 Å². The largest absolute Gasteiger partial charge is 0.447 e. The molecule has 2 aliphatic carbocycles. The maximum absolute atomic E-state index is 11.4. The average molecular weight is 315 g/mol. The van der Waals surface area contributed by atoms with Gasteiger partial charge in [0.25, 0.3) is 0 Å². The van der Waals surface area contributed by atoms with E-state index in [4.69, 9.17) is 4.74 Å². The van der Waals surface area contributed by atoms with Crippen LogP contribution in [0.1, 0.15) is 55.2 Å². The molecule has 23 heavy (non-hydrogen) atoms. The first-order valence-electron chi connectivity index (χ1n) is 8.79. The molecular formula is C19H25NO3. The summed E-state index contributed by atoms with van der Waals surface area (Å²) < 4.78 is 5.13. The number of aryl methyl sites for hydroxylation is 1. The normalized spacial score (nSPS) is 34.1. The van der Waals surface area contributed by atoms with Crippen molar-refractivity contribution in [1.82, 2.24) is 5.32 Å². The Balaban J connectivity index is 1.50. The van der Waals surface area contributed by atoms with Crippen LogP contribution in [0.5, 0.6) is 0 Å². The fourth-order valence-electron chi connectivity index (χ4n) is 4.62. The Morgan fingerprint density at radius 1 is 1.35 bits per heavy atom. The highest BCUT2D eigenvalue weighted by Crippen LogP contribution is 2.43. The summed E-state index contributed by atoms with van der Waals surface area (Å²) in [7, 11) is 0. The zero-order valence-corrected chi connectivity index (χ0v) is 13.7. The average Bonchev–Trinajstić information content (AvgIpc) is 3.12. The van der Waals surface area contributed by atoms with E-state index in [1.807, 2.05) is 6.92 Å². The summed E-state index contributed by atoms with van der Waals surface area (Å²) in [5.74, 6) is 0.908. The summed E-state index contributed by atoms with van der Waals surface area (Å²) in [6, 6.07) is 6.88. The lowest BCUT2D eigenvalue weighted by molar-refractivity contribution is 0.116. The molecule has 0 aromatic heterocycles. The topological polar surface area (TPSA) is 58.6 Å². The van der Waals surface area contributed by atoms with Crippen LogP contribution in [0.3, 0.4) is 0 Å². The third-order valence-corrected chi connectivity index (χ3v) is 6.11. The van der Waals surface area contributed by atoms with Gasteiger partial charge in [0.05, 0.1) is 11.6 Å². The Morgan fingerprint density at radius 2 is 2.22 bits per heavy atom. The third-order valence-electron chi connectivity index (χ3n) is 6.11. The van der Waals surface area contributed by atoms with Crippen LogP contribution in [-0.2, 0) is 17.6 Å². The number of cyclic esters (lactones) is 1. The summed E-state index contributed by atoms with van der Waals surface area (Å²) in [6.45, 7) is 2.42. The number of rotatable bonds is 2. The minimum Gasteiger partial charge on any atom is -0.447 e. The molecule has 3 aliphatic rings. The summed E-state index contributed by atoms with van der Waals surface area (Å²) in [6.07, 6.45) is 5.75. The third kappa shape index (κ3) is 2.74. The Morgan fingerprint density at radius 3 is 2.96 bits per heavy atom. The molecule has 2 N–H and O–H groups in total. The van der Waals surface area contributed by atoms with Crippen molar-refractivity contribution in [3.8, 4) is 0 Å². The molecule has 4 nitrogen and oxygen atoms in total. The number of aliphatic hydroxyl groups is 1. The monoisotopic (exact) mass is 315 g/mol. The van der Waals surface area contributed by atoms with Gasteiger partial charge in [-0.25, -0.2) is 4.79 Å². The molecule has 1 heterocycles. The summed E-state index contributed by atoms with van der Waals surface area (Å²) >= 11 is 0. The van der Waals surface area contributed by atoms with Crippen molar-refractivity contribution in [2.75, 3.05) is 6.61 Å². The van der Waals surface area contributed by atoms with E-state index in [9.17, 15) is 9.90 Å². The van der Waals surface area contributed by atoms with Crippen LogP contribution in [0.25, 0.3) is 0 Å². The van der Waals surface area contributed by atoms with Crippen molar-refractivity contribution in [3.63, 3.8) is 0 Å². The van der Waals surface area contributed by atoms with Gasteiger partial charge in [0, 0.05) is 0 Å². The fraction of sp³-hybridized carbons (Fsp3) is 0.632. The number of benzene rings is 1. The van der Waals surface area contributed by atoms with Crippen molar-refractivity contribution in [2.45, 2.75) is 63.0 Å². The van der Waals surface area contributed by atoms with E-state index in [0.717, 1.165) is 38.5 Å². The highest BCUT2D eigenvalue weighted by atomic mass is 16.6. The van der Waals surface area contributed by atoms with Gasteiger partial charge < -0.3 is 15.2 Å². The number of ether oxygens (including phenoxy) is 1. The minimum absolute atomic E-state index is 0.130. The summed E-state index contributed by atoms with van der Waals surface area (Å²) in [5.41, 5.74) is 4.12. The lowest BCUT2D eigenvalue weighted by Gasteiger charge is -2.27. The lowest BCUT2D eigenvalue weighted by Crippen LogP contribution is -2.40. The van der Waals surface area contributed by atoms with Crippen molar-refractivity contribution in [1.29, 1.82) is 0 Å². The van der Waals surface area contributed by atoms with Crippen LogP contribution < -0.4 is 5.32 Å². The summed E-state index contributed by atoms with van der Waals surface area (Å²) in [5, 5.41) is 12.8. The molecule has 0 bridgehead atoms. The number of aliphatic hydroxyl groups excluding tert-OH is 1. The van der Waals surface area contributed by atoms with Gasteiger partial charge in [0.2, 0.25) is 0 Å². The first-order chi connectivity index (χ1) is 11.0. The minimum atomic E-state index is -0.264. The highest BCUT2D eigenvalue weighted by molar-refractivity contribution is 5.70. The smallest absolute Gasteiger partial charge is 0.407 e. The number of nitrogens with one attached hydrogen (secondary N) is 1. The standard InChI is InChI=1S/C19H25NO3/c1-12(21)13-2-3-15-9-16(5-4-14(15)8-13)17-6-7-19(10-17)11-23-18(22)20-19/h4-5,9,12-13,17,21H,2-3,6-8,10-11H2,1H3,(H,20,22)/t12-,13+,17-,19+/m0/s1. The van der Waals surface area contributed by atoms with Crippen molar-refractivity contribution < 1.29 is 14.6 Å². The van der Waals surface area contributed by atoms with Crippen molar-refractivity contribution in [3.05, 3.63) is 34.9 Å². The predicted molar refractivity (Wildman–Crippen MR) is 87.4 cm³/mol. The van der Waals surface area contributed by atoms with E-state index in [1.54, 1.807) is 0 Å². The van der Waals surface area contributed by atoms with E-state index in [1.165, 1.54) is 16.7 Å². The summed E-state index contributed by atoms with van der Waals surface area (Å²) in [4.78, 5) is 11.4. The molecule has 1 aliphatic heterocycles.